The van der Waals surface area contributed by atoms with Gasteiger partial charge in [-0.25, -0.2) is 0 Å². The molecule has 0 spiro atoms. The van der Waals surface area contributed by atoms with Gasteiger partial charge in [-0.15, -0.1) is 0 Å². The van der Waals surface area contributed by atoms with E-state index in [1.54, 1.807) is 29.2 Å². The van der Waals surface area contributed by atoms with E-state index in [9.17, 15) is 4.79 Å². The SMILES string of the molecule is CCOc1ccc(N(CCC#N)C(=O)c2ccc(Oc3ccccc3)cc2)cc1. The number of carbonyl (C=O) groups excluding carboxylic acids is 1. The molecule has 0 aromatic heterocycles. The number of amides is 1. The van der Waals surface area contributed by atoms with Crippen molar-refractivity contribution in [2.24, 2.45) is 0 Å². The third-order valence-corrected chi connectivity index (χ3v) is 4.23. The van der Waals surface area contributed by atoms with Gasteiger partial charge in [0.05, 0.1) is 19.1 Å². The summed E-state index contributed by atoms with van der Waals surface area (Å²) in [6, 6.07) is 25.9. The molecule has 0 unspecified atom stereocenters. The maximum Gasteiger partial charge on any atom is 0.258 e. The highest BCUT2D eigenvalue weighted by Gasteiger charge is 2.18. The molecule has 0 fully saturated rings. The number of ether oxygens (including phenoxy) is 2. The topological polar surface area (TPSA) is 62.6 Å². The molecule has 0 saturated carbocycles. The average molecular weight is 386 g/mol. The minimum Gasteiger partial charge on any atom is -0.494 e. The Labute approximate surface area is 170 Å². The molecule has 3 aromatic rings. The first kappa shape index (κ1) is 20.0. The second-order valence-electron chi connectivity index (χ2n) is 6.23. The van der Waals surface area contributed by atoms with E-state index >= 15 is 0 Å². The number of hydrogen-bond acceptors (Lipinski definition) is 4. The van der Waals surface area contributed by atoms with Crippen molar-refractivity contribution < 1.29 is 14.3 Å². The lowest BCUT2D eigenvalue weighted by molar-refractivity contribution is 0.0987. The molecule has 29 heavy (non-hydrogen) atoms. The Morgan fingerprint density at radius 2 is 1.52 bits per heavy atom. The molecular formula is C24H22N2O3. The Balaban J connectivity index is 1.77. The number of nitriles is 1. The van der Waals surface area contributed by atoms with Crippen LogP contribution in [0, 0.1) is 11.3 Å². The maximum absolute atomic E-state index is 13.1. The Morgan fingerprint density at radius 1 is 0.897 bits per heavy atom. The van der Waals surface area contributed by atoms with Crippen LogP contribution in [0.1, 0.15) is 23.7 Å². The van der Waals surface area contributed by atoms with E-state index in [1.807, 2.05) is 61.5 Å². The van der Waals surface area contributed by atoms with Crippen molar-refractivity contribution >= 4 is 11.6 Å². The van der Waals surface area contributed by atoms with Crippen LogP contribution in [0.3, 0.4) is 0 Å². The lowest BCUT2D eigenvalue weighted by Gasteiger charge is -2.22. The van der Waals surface area contributed by atoms with Crippen LogP contribution in [-0.4, -0.2) is 19.1 Å². The van der Waals surface area contributed by atoms with Crippen LogP contribution >= 0.6 is 0 Å². The zero-order valence-electron chi connectivity index (χ0n) is 16.2. The van der Waals surface area contributed by atoms with Gasteiger partial charge in [0.15, 0.2) is 0 Å². The zero-order chi connectivity index (χ0) is 20.5. The normalized spacial score (nSPS) is 10.1. The minimum atomic E-state index is -0.171. The fourth-order valence-electron chi connectivity index (χ4n) is 2.84. The van der Waals surface area contributed by atoms with Crippen LogP contribution in [0.4, 0.5) is 5.69 Å². The van der Waals surface area contributed by atoms with E-state index in [1.165, 1.54) is 0 Å². The number of nitrogens with zero attached hydrogens (tertiary/aromatic N) is 2. The van der Waals surface area contributed by atoms with Crippen LogP contribution in [0.15, 0.2) is 78.9 Å². The Morgan fingerprint density at radius 3 is 2.14 bits per heavy atom. The standard InChI is InChI=1S/C24H22N2O3/c1-2-28-21-15-11-20(12-16-21)26(18-6-17-25)24(27)19-9-13-23(14-10-19)29-22-7-4-3-5-8-22/h3-5,7-16H,2,6,18H2,1H3. The average Bonchev–Trinajstić information content (AvgIpc) is 2.76. The van der Waals surface area contributed by atoms with Gasteiger partial charge in [0.1, 0.15) is 17.2 Å². The van der Waals surface area contributed by atoms with Gasteiger partial charge in [0, 0.05) is 17.8 Å². The summed E-state index contributed by atoms with van der Waals surface area (Å²) in [6.45, 7) is 2.81. The Kier molecular flexibility index (Phi) is 6.85. The van der Waals surface area contributed by atoms with Crippen LogP contribution in [0.25, 0.3) is 0 Å². The van der Waals surface area contributed by atoms with Crippen molar-refractivity contribution in [3.8, 4) is 23.3 Å². The molecule has 0 aliphatic rings. The number of rotatable bonds is 8. The molecule has 3 aromatic carbocycles. The largest absolute Gasteiger partial charge is 0.494 e. The fourth-order valence-corrected chi connectivity index (χ4v) is 2.84. The first-order valence-corrected chi connectivity index (χ1v) is 9.46. The van der Waals surface area contributed by atoms with Gasteiger partial charge in [-0.1, -0.05) is 18.2 Å². The molecule has 1 amide bonds. The highest BCUT2D eigenvalue weighted by atomic mass is 16.5. The summed E-state index contributed by atoms with van der Waals surface area (Å²) in [5.74, 6) is 1.95. The second kappa shape index (κ2) is 9.95. The van der Waals surface area contributed by atoms with E-state index < -0.39 is 0 Å². The lowest BCUT2D eigenvalue weighted by Crippen LogP contribution is -2.31. The predicted octanol–water partition coefficient (Wildman–Crippen LogP) is 5.44. The van der Waals surface area contributed by atoms with Gasteiger partial charge in [0.25, 0.3) is 5.91 Å². The Hall–Kier alpha value is -3.78. The number of anilines is 1. The summed E-state index contributed by atoms with van der Waals surface area (Å²) < 4.78 is 11.2. The number of hydrogen-bond donors (Lipinski definition) is 0. The highest BCUT2D eigenvalue weighted by molar-refractivity contribution is 6.06. The van der Waals surface area contributed by atoms with Gasteiger partial charge in [-0.05, 0) is 67.6 Å². The summed E-state index contributed by atoms with van der Waals surface area (Å²) in [6.07, 6.45) is 0.244. The first-order valence-electron chi connectivity index (χ1n) is 9.46. The molecule has 5 nitrogen and oxygen atoms in total. The third-order valence-electron chi connectivity index (χ3n) is 4.23. The third kappa shape index (κ3) is 5.36. The molecule has 0 heterocycles. The molecule has 3 rings (SSSR count). The number of para-hydroxylation sites is 1. The molecule has 0 bridgehead atoms. The van der Waals surface area contributed by atoms with Crippen LogP contribution in [0.2, 0.25) is 0 Å². The Bertz CT molecular complexity index is 962. The minimum absolute atomic E-state index is 0.171. The summed E-state index contributed by atoms with van der Waals surface area (Å²) in [4.78, 5) is 14.7. The molecule has 0 radical (unpaired) electrons. The van der Waals surface area contributed by atoms with Gasteiger partial charge in [-0.2, -0.15) is 5.26 Å². The lowest BCUT2D eigenvalue weighted by atomic mass is 10.1. The van der Waals surface area contributed by atoms with Crippen LogP contribution in [0.5, 0.6) is 17.2 Å². The van der Waals surface area contributed by atoms with Gasteiger partial charge in [-0.3, -0.25) is 4.79 Å². The van der Waals surface area contributed by atoms with Crippen molar-refractivity contribution in [1.82, 2.24) is 0 Å². The van der Waals surface area contributed by atoms with E-state index in [2.05, 4.69) is 6.07 Å². The van der Waals surface area contributed by atoms with Crippen molar-refractivity contribution in [1.29, 1.82) is 5.26 Å². The van der Waals surface area contributed by atoms with E-state index in [-0.39, 0.29) is 12.3 Å². The molecule has 5 heteroatoms. The molecule has 0 saturated heterocycles. The van der Waals surface area contributed by atoms with Crippen molar-refractivity contribution in [3.63, 3.8) is 0 Å². The maximum atomic E-state index is 13.1. The number of carbonyl (C=O) groups is 1. The van der Waals surface area contributed by atoms with Crippen LogP contribution in [-0.2, 0) is 0 Å². The van der Waals surface area contributed by atoms with E-state index in [4.69, 9.17) is 14.7 Å². The van der Waals surface area contributed by atoms with Crippen molar-refractivity contribution in [2.75, 3.05) is 18.1 Å². The van der Waals surface area contributed by atoms with E-state index in [0.29, 0.717) is 24.5 Å². The highest BCUT2D eigenvalue weighted by Crippen LogP contribution is 2.24. The quantitative estimate of drug-likeness (QED) is 0.517. The molecule has 0 aliphatic carbocycles. The van der Waals surface area contributed by atoms with Crippen LogP contribution < -0.4 is 14.4 Å². The zero-order valence-corrected chi connectivity index (χ0v) is 16.2. The molecule has 0 aliphatic heterocycles. The van der Waals surface area contributed by atoms with E-state index in [0.717, 1.165) is 17.2 Å². The summed E-state index contributed by atoms with van der Waals surface area (Å²) in [7, 11) is 0. The monoisotopic (exact) mass is 386 g/mol. The molecular weight excluding hydrogens is 364 g/mol. The smallest absolute Gasteiger partial charge is 0.258 e. The summed E-state index contributed by atoms with van der Waals surface area (Å²) in [5, 5.41) is 8.98. The summed E-state index contributed by atoms with van der Waals surface area (Å²) in [5.41, 5.74) is 1.25. The molecule has 0 N–H and O–H groups in total. The van der Waals surface area contributed by atoms with Gasteiger partial charge < -0.3 is 14.4 Å². The number of benzene rings is 3. The van der Waals surface area contributed by atoms with Gasteiger partial charge in [0.2, 0.25) is 0 Å². The summed E-state index contributed by atoms with van der Waals surface area (Å²) >= 11 is 0. The fraction of sp³-hybridized carbons (Fsp3) is 0.167. The predicted molar refractivity (Wildman–Crippen MR) is 112 cm³/mol. The van der Waals surface area contributed by atoms with Crippen molar-refractivity contribution in [2.45, 2.75) is 13.3 Å². The second-order valence-corrected chi connectivity index (χ2v) is 6.23. The molecule has 0 atom stereocenters. The van der Waals surface area contributed by atoms with Gasteiger partial charge >= 0.3 is 0 Å². The molecule has 146 valence electrons. The van der Waals surface area contributed by atoms with Crippen molar-refractivity contribution in [3.05, 3.63) is 84.4 Å². The first-order chi connectivity index (χ1) is 14.2.